The molecule has 0 saturated carbocycles. The summed E-state index contributed by atoms with van der Waals surface area (Å²) in [7, 11) is 0. The molecule has 0 aromatic heterocycles. The van der Waals surface area contributed by atoms with Gasteiger partial charge in [0.2, 0.25) is 0 Å². The van der Waals surface area contributed by atoms with Gasteiger partial charge in [0.25, 0.3) is 6.47 Å². The molecule has 0 fully saturated rings. The van der Waals surface area contributed by atoms with Crippen LogP contribution < -0.4 is 0 Å². The molecule has 13 heavy (non-hydrogen) atoms. The zero-order valence-electron chi connectivity index (χ0n) is 8.79. The van der Waals surface area contributed by atoms with Crippen molar-refractivity contribution < 1.29 is 14.3 Å². The van der Waals surface area contributed by atoms with Crippen molar-refractivity contribution in [2.24, 2.45) is 5.92 Å². The molecule has 0 bridgehead atoms. The lowest BCUT2D eigenvalue weighted by Crippen LogP contribution is -2.19. The van der Waals surface area contributed by atoms with Gasteiger partial charge in [0.05, 0.1) is 6.10 Å². The van der Waals surface area contributed by atoms with Crippen LogP contribution in [0.1, 0.15) is 33.6 Å². The molecule has 0 heterocycles. The third-order valence-corrected chi connectivity index (χ3v) is 1.85. The Hall–Kier alpha value is -0.570. The highest BCUT2D eigenvalue weighted by molar-refractivity contribution is 5.36. The van der Waals surface area contributed by atoms with Gasteiger partial charge >= 0.3 is 0 Å². The van der Waals surface area contributed by atoms with Crippen LogP contribution >= 0.6 is 0 Å². The number of ether oxygens (including phenoxy) is 2. The van der Waals surface area contributed by atoms with Gasteiger partial charge in [0.15, 0.2) is 0 Å². The largest absolute Gasteiger partial charge is 0.465 e. The summed E-state index contributed by atoms with van der Waals surface area (Å²) in [5.41, 5.74) is 0. The van der Waals surface area contributed by atoms with E-state index < -0.39 is 0 Å². The van der Waals surface area contributed by atoms with E-state index in [2.05, 4.69) is 18.6 Å². The molecule has 0 aliphatic rings. The third-order valence-electron chi connectivity index (χ3n) is 1.85. The Labute approximate surface area is 80.4 Å². The average molecular weight is 188 g/mol. The Morgan fingerprint density at radius 2 is 2.08 bits per heavy atom. The Morgan fingerprint density at radius 3 is 2.54 bits per heavy atom. The molecule has 0 spiro atoms. The van der Waals surface area contributed by atoms with Crippen LogP contribution in [0, 0.1) is 5.92 Å². The van der Waals surface area contributed by atoms with Crippen molar-refractivity contribution in [2.45, 2.75) is 39.7 Å². The van der Waals surface area contributed by atoms with Gasteiger partial charge in [0, 0.05) is 6.61 Å². The predicted molar refractivity (Wildman–Crippen MR) is 51.5 cm³/mol. The van der Waals surface area contributed by atoms with Gasteiger partial charge in [-0.15, -0.1) is 0 Å². The summed E-state index contributed by atoms with van der Waals surface area (Å²) in [6.07, 6.45) is 1.99. The fraction of sp³-hybridized carbons (Fsp3) is 0.900. The lowest BCUT2D eigenvalue weighted by atomic mass is 10.1. The molecule has 1 atom stereocenters. The minimum absolute atomic E-state index is 0.0592. The number of carbonyl (C=O) groups is 1. The van der Waals surface area contributed by atoms with Crippen molar-refractivity contribution >= 4 is 6.47 Å². The van der Waals surface area contributed by atoms with E-state index in [1.165, 1.54) is 0 Å². The van der Waals surface area contributed by atoms with E-state index in [-0.39, 0.29) is 6.10 Å². The topological polar surface area (TPSA) is 35.5 Å². The van der Waals surface area contributed by atoms with Crippen molar-refractivity contribution in [3.63, 3.8) is 0 Å². The maximum Gasteiger partial charge on any atom is 0.293 e. The molecule has 3 nitrogen and oxygen atoms in total. The lowest BCUT2D eigenvalue weighted by molar-refractivity contribution is -0.133. The van der Waals surface area contributed by atoms with E-state index >= 15 is 0 Å². The zero-order chi connectivity index (χ0) is 10.1. The van der Waals surface area contributed by atoms with E-state index in [0.717, 1.165) is 19.4 Å². The summed E-state index contributed by atoms with van der Waals surface area (Å²) in [6, 6.07) is 0. The summed E-state index contributed by atoms with van der Waals surface area (Å²) in [6.45, 7) is 7.93. The number of hydrogen-bond acceptors (Lipinski definition) is 3. The number of hydrogen-bond donors (Lipinski definition) is 0. The molecule has 0 aliphatic heterocycles. The van der Waals surface area contributed by atoms with E-state index in [9.17, 15) is 4.79 Å². The van der Waals surface area contributed by atoms with Crippen molar-refractivity contribution in [1.82, 2.24) is 0 Å². The van der Waals surface area contributed by atoms with Crippen molar-refractivity contribution in [3.05, 3.63) is 0 Å². The first kappa shape index (κ1) is 12.4. The van der Waals surface area contributed by atoms with Crippen LogP contribution in [0.15, 0.2) is 0 Å². The van der Waals surface area contributed by atoms with Gasteiger partial charge in [-0.05, 0) is 18.8 Å². The van der Waals surface area contributed by atoms with Gasteiger partial charge in [0.1, 0.15) is 6.61 Å². The van der Waals surface area contributed by atoms with Crippen molar-refractivity contribution in [3.8, 4) is 0 Å². The van der Waals surface area contributed by atoms with Crippen molar-refractivity contribution in [2.75, 3.05) is 13.2 Å². The summed E-state index contributed by atoms with van der Waals surface area (Å²) in [5, 5.41) is 0. The van der Waals surface area contributed by atoms with Gasteiger partial charge in [-0.1, -0.05) is 20.8 Å². The maximum absolute atomic E-state index is 9.93. The highest BCUT2D eigenvalue weighted by Crippen LogP contribution is 2.04. The Kier molecular flexibility index (Phi) is 7.69. The fourth-order valence-corrected chi connectivity index (χ4v) is 0.901. The molecule has 0 radical (unpaired) electrons. The normalized spacial score (nSPS) is 12.9. The molecular weight excluding hydrogens is 168 g/mol. The van der Waals surface area contributed by atoms with Crippen LogP contribution in [0.4, 0.5) is 0 Å². The quantitative estimate of drug-likeness (QED) is 0.546. The zero-order valence-corrected chi connectivity index (χ0v) is 8.79. The second kappa shape index (κ2) is 8.05. The van der Waals surface area contributed by atoms with Gasteiger partial charge in [-0.3, -0.25) is 4.79 Å². The molecule has 0 amide bonds. The third kappa shape index (κ3) is 7.78. The minimum atomic E-state index is 0.0592. The summed E-state index contributed by atoms with van der Waals surface area (Å²) in [5.74, 6) is 0.657. The van der Waals surface area contributed by atoms with Crippen LogP contribution in [0.25, 0.3) is 0 Å². The van der Waals surface area contributed by atoms with Crippen LogP contribution in [0.2, 0.25) is 0 Å². The Bertz CT molecular complexity index is 123. The standard InChI is InChI=1S/C10H20O3/c1-4-10(7-12-8-11)13-6-5-9(2)3/h8-10H,4-7H2,1-3H3. The first-order chi connectivity index (χ1) is 6.20. The Balaban J connectivity index is 3.41. The maximum atomic E-state index is 9.93. The van der Waals surface area contributed by atoms with E-state index in [1.807, 2.05) is 6.92 Å². The second-order valence-electron chi connectivity index (χ2n) is 3.51. The molecule has 0 aromatic carbocycles. The molecule has 0 saturated heterocycles. The minimum Gasteiger partial charge on any atom is -0.465 e. The first-order valence-electron chi connectivity index (χ1n) is 4.87. The molecule has 3 heteroatoms. The van der Waals surface area contributed by atoms with Gasteiger partial charge in [-0.2, -0.15) is 0 Å². The van der Waals surface area contributed by atoms with Crippen LogP contribution in [-0.4, -0.2) is 25.8 Å². The number of carbonyl (C=O) groups excluding carboxylic acids is 1. The highest BCUT2D eigenvalue weighted by atomic mass is 16.6. The molecule has 0 rings (SSSR count). The molecule has 0 N–H and O–H groups in total. The van der Waals surface area contributed by atoms with Gasteiger partial charge < -0.3 is 9.47 Å². The van der Waals surface area contributed by atoms with Crippen molar-refractivity contribution in [1.29, 1.82) is 0 Å². The lowest BCUT2D eigenvalue weighted by Gasteiger charge is -2.15. The SMILES string of the molecule is CCC(COC=O)OCCC(C)C. The van der Waals surface area contributed by atoms with Crippen LogP contribution in [-0.2, 0) is 14.3 Å². The highest BCUT2D eigenvalue weighted by Gasteiger charge is 2.06. The predicted octanol–water partition coefficient (Wildman–Crippen LogP) is 2.00. The number of rotatable bonds is 8. The fourth-order valence-electron chi connectivity index (χ4n) is 0.901. The molecule has 0 aliphatic carbocycles. The summed E-state index contributed by atoms with van der Waals surface area (Å²) >= 11 is 0. The average Bonchev–Trinajstić information content (AvgIpc) is 2.10. The molecule has 78 valence electrons. The second-order valence-corrected chi connectivity index (χ2v) is 3.51. The summed E-state index contributed by atoms with van der Waals surface area (Å²) < 4.78 is 10.2. The Morgan fingerprint density at radius 1 is 1.38 bits per heavy atom. The summed E-state index contributed by atoms with van der Waals surface area (Å²) in [4.78, 5) is 9.93. The van der Waals surface area contributed by atoms with E-state index in [4.69, 9.17) is 4.74 Å². The molecule has 1 unspecified atom stereocenters. The van der Waals surface area contributed by atoms with E-state index in [1.54, 1.807) is 0 Å². The van der Waals surface area contributed by atoms with Crippen LogP contribution in [0.5, 0.6) is 0 Å². The van der Waals surface area contributed by atoms with Crippen LogP contribution in [0.3, 0.4) is 0 Å². The van der Waals surface area contributed by atoms with E-state index in [0.29, 0.717) is 19.0 Å². The molecular formula is C10H20O3. The monoisotopic (exact) mass is 188 g/mol. The van der Waals surface area contributed by atoms with Gasteiger partial charge in [-0.25, -0.2) is 0 Å². The first-order valence-corrected chi connectivity index (χ1v) is 4.87. The smallest absolute Gasteiger partial charge is 0.293 e. The molecule has 0 aromatic rings.